The Balaban J connectivity index is 1.57. The van der Waals surface area contributed by atoms with Gasteiger partial charge in [-0.1, -0.05) is 11.6 Å². The molecule has 8 nitrogen and oxygen atoms in total. The second kappa shape index (κ2) is 9.15. The van der Waals surface area contributed by atoms with Crippen LogP contribution in [0, 0.1) is 0 Å². The fraction of sp³-hybridized carbons (Fsp3) is 0.115. The third-order valence-corrected chi connectivity index (χ3v) is 5.87. The Morgan fingerprint density at radius 2 is 1.71 bits per heavy atom. The van der Waals surface area contributed by atoms with Crippen LogP contribution in [0.1, 0.15) is 15.9 Å². The molecular formula is C26H19ClN2O6. The molecule has 0 unspecified atom stereocenters. The molecule has 1 aliphatic rings. The van der Waals surface area contributed by atoms with Crippen molar-refractivity contribution < 1.29 is 23.8 Å². The van der Waals surface area contributed by atoms with E-state index in [0.29, 0.717) is 39.0 Å². The summed E-state index contributed by atoms with van der Waals surface area (Å²) >= 11 is 5.91. The molecule has 0 atom stereocenters. The van der Waals surface area contributed by atoms with E-state index in [1.807, 2.05) is 0 Å². The summed E-state index contributed by atoms with van der Waals surface area (Å²) in [6, 6.07) is 16.3. The smallest absolute Gasteiger partial charge is 0.244 e. The molecule has 35 heavy (non-hydrogen) atoms. The van der Waals surface area contributed by atoms with Gasteiger partial charge >= 0.3 is 0 Å². The maximum Gasteiger partial charge on any atom is 0.244 e. The van der Waals surface area contributed by atoms with E-state index in [1.165, 1.54) is 13.3 Å². The van der Waals surface area contributed by atoms with Crippen molar-refractivity contribution in [2.24, 2.45) is 0 Å². The standard InChI is InChI=1S/C26H19ClN2O6/c1-33-18-8-2-15(3-9-18)25(31)20-12-29(13-24(30)28-17-6-4-16(27)5-7-17)21-11-23-22(34-14-35-23)10-19(21)26(20)32/h2-12H,13-14H2,1H3,(H,28,30). The number of ketones is 1. The van der Waals surface area contributed by atoms with Gasteiger partial charge in [-0.05, 0) is 54.6 Å². The van der Waals surface area contributed by atoms with Gasteiger partial charge in [0.15, 0.2) is 17.3 Å². The van der Waals surface area contributed by atoms with Crippen LogP contribution in [0.4, 0.5) is 5.69 Å². The van der Waals surface area contributed by atoms with Crippen molar-refractivity contribution in [3.63, 3.8) is 0 Å². The van der Waals surface area contributed by atoms with Crippen LogP contribution in [-0.2, 0) is 11.3 Å². The molecule has 1 aliphatic heterocycles. The number of ether oxygens (including phenoxy) is 3. The van der Waals surface area contributed by atoms with E-state index in [-0.39, 0.29) is 30.2 Å². The molecule has 4 aromatic rings. The molecule has 0 fully saturated rings. The molecule has 3 aromatic carbocycles. The number of nitrogens with zero attached hydrogens (tertiary/aromatic N) is 1. The first kappa shape index (κ1) is 22.5. The number of amides is 1. The highest BCUT2D eigenvalue weighted by Gasteiger charge is 2.22. The summed E-state index contributed by atoms with van der Waals surface area (Å²) in [6.45, 7) is -0.128. The number of pyridine rings is 1. The van der Waals surface area contributed by atoms with Crippen molar-refractivity contribution in [1.82, 2.24) is 4.57 Å². The van der Waals surface area contributed by atoms with Gasteiger partial charge in [0, 0.05) is 28.5 Å². The normalized spacial score (nSPS) is 11.9. The Kier molecular flexibility index (Phi) is 5.88. The third-order valence-electron chi connectivity index (χ3n) is 5.61. The highest BCUT2D eigenvalue weighted by Crippen LogP contribution is 2.35. The van der Waals surface area contributed by atoms with Crippen molar-refractivity contribution in [1.29, 1.82) is 0 Å². The first-order valence-corrected chi connectivity index (χ1v) is 11.0. The van der Waals surface area contributed by atoms with Gasteiger partial charge in [-0.3, -0.25) is 14.4 Å². The van der Waals surface area contributed by atoms with E-state index in [9.17, 15) is 14.4 Å². The fourth-order valence-corrected chi connectivity index (χ4v) is 3.98. The van der Waals surface area contributed by atoms with Crippen LogP contribution < -0.4 is 25.0 Å². The summed E-state index contributed by atoms with van der Waals surface area (Å²) < 4.78 is 17.6. The van der Waals surface area contributed by atoms with Crippen LogP contribution in [0.25, 0.3) is 10.9 Å². The Morgan fingerprint density at radius 3 is 2.40 bits per heavy atom. The maximum atomic E-state index is 13.4. The minimum atomic E-state index is -0.468. The van der Waals surface area contributed by atoms with E-state index in [0.717, 1.165) is 0 Å². The zero-order chi connectivity index (χ0) is 24.5. The SMILES string of the molecule is COc1ccc(C(=O)c2cn(CC(=O)Nc3ccc(Cl)cc3)c3cc4c(cc3c2=O)OCO4)cc1. The van der Waals surface area contributed by atoms with Gasteiger partial charge < -0.3 is 24.1 Å². The number of methoxy groups -OCH3 is 1. The van der Waals surface area contributed by atoms with E-state index < -0.39 is 11.2 Å². The summed E-state index contributed by atoms with van der Waals surface area (Å²) in [6.07, 6.45) is 1.40. The molecule has 1 N–H and O–H groups in total. The lowest BCUT2D eigenvalue weighted by Crippen LogP contribution is -2.24. The van der Waals surface area contributed by atoms with Crippen molar-refractivity contribution >= 4 is 39.9 Å². The Hall–Kier alpha value is -4.30. The topological polar surface area (TPSA) is 95.9 Å². The molecule has 5 rings (SSSR count). The summed E-state index contributed by atoms with van der Waals surface area (Å²) in [7, 11) is 1.53. The molecule has 9 heteroatoms. The number of carbonyl (C=O) groups is 2. The summed E-state index contributed by atoms with van der Waals surface area (Å²) in [5.41, 5.74) is 0.795. The monoisotopic (exact) mass is 490 g/mol. The first-order valence-electron chi connectivity index (χ1n) is 10.6. The molecule has 176 valence electrons. The number of aromatic nitrogens is 1. The van der Waals surface area contributed by atoms with Gasteiger partial charge in [0.05, 0.1) is 23.6 Å². The summed E-state index contributed by atoms with van der Waals surface area (Å²) in [4.78, 5) is 39.5. The zero-order valence-electron chi connectivity index (χ0n) is 18.5. The number of anilines is 1. The minimum absolute atomic E-state index is 0.0224. The Labute approximate surface area is 204 Å². The molecular weight excluding hydrogens is 472 g/mol. The van der Waals surface area contributed by atoms with Crippen molar-refractivity contribution in [3.05, 3.63) is 93.2 Å². The van der Waals surface area contributed by atoms with Gasteiger partial charge in [0.2, 0.25) is 18.1 Å². The average Bonchev–Trinajstić information content (AvgIpc) is 3.33. The number of halogens is 1. The first-order chi connectivity index (χ1) is 16.9. The van der Waals surface area contributed by atoms with Gasteiger partial charge in [-0.25, -0.2) is 0 Å². The molecule has 0 spiro atoms. The number of hydrogen-bond acceptors (Lipinski definition) is 6. The van der Waals surface area contributed by atoms with Crippen LogP contribution in [0.5, 0.6) is 17.2 Å². The number of hydrogen-bond donors (Lipinski definition) is 1. The van der Waals surface area contributed by atoms with Crippen LogP contribution in [0.15, 0.2) is 71.7 Å². The zero-order valence-corrected chi connectivity index (χ0v) is 19.3. The Morgan fingerprint density at radius 1 is 1.03 bits per heavy atom. The fourth-order valence-electron chi connectivity index (χ4n) is 3.86. The van der Waals surface area contributed by atoms with E-state index >= 15 is 0 Å². The van der Waals surface area contributed by atoms with Crippen LogP contribution >= 0.6 is 11.6 Å². The number of fused-ring (bicyclic) bond motifs is 2. The second-order valence-electron chi connectivity index (χ2n) is 7.84. The molecule has 1 amide bonds. The third kappa shape index (κ3) is 4.43. The number of nitrogens with one attached hydrogen (secondary N) is 1. The van der Waals surface area contributed by atoms with Crippen LogP contribution in [-0.4, -0.2) is 30.2 Å². The predicted molar refractivity (Wildman–Crippen MR) is 131 cm³/mol. The Bertz CT molecular complexity index is 1510. The molecule has 0 radical (unpaired) electrons. The van der Waals surface area contributed by atoms with E-state index in [1.54, 1.807) is 65.2 Å². The molecule has 0 aliphatic carbocycles. The number of carbonyl (C=O) groups excluding carboxylic acids is 2. The molecule has 1 aromatic heterocycles. The highest BCUT2D eigenvalue weighted by molar-refractivity contribution is 6.30. The lowest BCUT2D eigenvalue weighted by Gasteiger charge is -2.14. The van der Waals surface area contributed by atoms with Crippen LogP contribution in [0.2, 0.25) is 5.02 Å². The lowest BCUT2D eigenvalue weighted by molar-refractivity contribution is -0.116. The van der Waals surface area contributed by atoms with Gasteiger partial charge in [0.25, 0.3) is 0 Å². The second-order valence-corrected chi connectivity index (χ2v) is 8.27. The number of rotatable bonds is 6. The van der Waals surface area contributed by atoms with E-state index in [2.05, 4.69) is 5.32 Å². The summed E-state index contributed by atoms with van der Waals surface area (Å²) in [5, 5.41) is 3.58. The quantitative estimate of drug-likeness (QED) is 0.406. The lowest BCUT2D eigenvalue weighted by atomic mass is 10.0. The average molecular weight is 491 g/mol. The van der Waals surface area contributed by atoms with Crippen molar-refractivity contribution in [2.45, 2.75) is 6.54 Å². The summed E-state index contributed by atoms with van der Waals surface area (Å²) in [5.74, 6) is 0.629. The van der Waals surface area contributed by atoms with Gasteiger partial charge in [0.1, 0.15) is 12.3 Å². The molecule has 0 saturated heterocycles. The molecule has 0 saturated carbocycles. The van der Waals surface area contributed by atoms with Crippen molar-refractivity contribution in [2.75, 3.05) is 19.2 Å². The van der Waals surface area contributed by atoms with Gasteiger partial charge in [-0.2, -0.15) is 0 Å². The van der Waals surface area contributed by atoms with E-state index in [4.69, 9.17) is 25.8 Å². The molecule has 2 heterocycles. The highest BCUT2D eigenvalue weighted by atomic mass is 35.5. The van der Waals surface area contributed by atoms with Gasteiger partial charge in [-0.15, -0.1) is 0 Å². The van der Waals surface area contributed by atoms with Crippen molar-refractivity contribution in [3.8, 4) is 17.2 Å². The molecule has 0 bridgehead atoms. The number of benzene rings is 3. The van der Waals surface area contributed by atoms with Crippen LogP contribution in [0.3, 0.4) is 0 Å². The minimum Gasteiger partial charge on any atom is -0.497 e. The maximum absolute atomic E-state index is 13.4. The predicted octanol–water partition coefficient (Wildman–Crippen LogP) is 4.26. The largest absolute Gasteiger partial charge is 0.497 e.